The van der Waals surface area contributed by atoms with E-state index in [0.717, 1.165) is 32.5 Å². The molecular weight excluding hydrogens is 499 g/mol. The number of nitrogens with zero attached hydrogens (tertiary/aromatic N) is 3. The van der Waals surface area contributed by atoms with Crippen LogP contribution >= 0.6 is 11.6 Å². The predicted octanol–water partition coefficient (Wildman–Crippen LogP) is 0.942. The van der Waals surface area contributed by atoms with Crippen LogP contribution in [0.15, 0.2) is 0 Å². The summed E-state index contributed by atoms with van der Waals surface area (Å²) >= 11 is 6.25. The minimum Gasteiger partial charge on any atom is -0.331 e. The van der Waals surface area contributed by atoms with Gasteiger partial charge in [0, 0.05) is 46.4 Å². The minimum absolute atomic E-state index is 0.0304. The molecule has 1 aliphatic heterocycles. The van der Waals surface area contributed by atoms with Gasteiger partial charge < -0.3 is 9.80 Å². The van der Waals surface area contributed by atoms with Crippen molar-refractivity contribution in [1.29, 1.82) is 0 Å². The van der Waals surface area contributed by atoms with Gasteiger partial charge in [0.25, 0.3) is 0 Å². The van der Waals surface area contributed by atoms with Crippen LogP contribution in [0.5, 0.6) is 0 Å². The van der Waals surface area contributed by atoms with Crippen molar-refractivity contribution in [2.24, 2.45) is 17.8 Å². The zero-order valence-electron chi connectivity index (χ0n) is 21.0. The van der Waals surface area contributed by atoms with E-state index in [1.54, 1.807) is 26.0 Å². The van der Waals surface area contributed by atoms with Crippen molar-refractivity contribution in [3.8, 4) is 0 Å². The summed E-state index contributed by atoms with van der Waals surface area (Å²) in [6.45, 7) is 1.52. The number of alkyl halides is 2. The lowest BCUT2D eigenvalue weighted by atomic mass is 9.76. The molecule has 0 spiro atoms. The van der Waals surface area contributed by atoms with Crippen molar-refractivity contribution in [1.82, 2.24) is 30.3 Å². The first-order valence-electron chi connectivity index (χ1n) is 12.3. The molecule has 7 unspecified atom stereocenters. The molecular formula is C22H40ClFN6O4S. The highest BCUT2D eigenvalue weighted by molar-refractivity contribution is 7.89. The van der Waals surface area contributed by atoms with E-state index in [4.69, 9.17) is 11.6 Å². The Hall–Kier alpha value is -1.21. The van der Waals surface area contributed by atoms with Crippen molar-refractivity contribution in [2.45, 2.75) is 62.2 Å². The smallest absolute Gasteiger partial charge is 0.319 e. The van der Waals surface area contributed by atoms with Gasteiger partial charge in [-0.3, -0.25) is 20.4 Å². The third kappa shape index (κ3) is 7.41. The van der Waals surface area contributed by atoms with Crippen LogP contribution in [0, 0.1) is 17.8 Å². The maximum Gasteiger partial charge on any atom is 0.319 e. The predicted molar refractivity (Wildman–Crippen MR) is 133 cm³/mol. The number of rotatable bonds is 7. The number of likely N-dealkylation sites (N-methyl/N-ethyl adjacent to an activating group) is 1. The Morgan fingerprint density at radius 2 is 1.89 bits per heavy atom. The molecule has 0 bridgehead atoms. The first-order valence-corrected chi connectivity index (χ1v) is 14.4. The lowest BCUT2D eigenvalue weighted by molar-refractivity contribution is -0.129. The molecule has 13 heteroatoms. The Morgan fingerprint density at radius 3 is 2.51 bits per heavy atom. The van der Waals surface area contributed by atoms with E-state index in [9.17, 15) is 22.4 Å². The van der Waals surface area contributed by atoms with Crippen molar-refractivity contribution in [2.75, 3.05) is 47.2 Å². The molecule has 3 rings (SSSR count). The lowest BCUT2D eigenvalue weighted by Gasteiger charge is -2.37. The van der Waals surface area contributed by atoms with Gasteiger partial charge in [-0.2, -0.15) is 0 Å². The molecule has 2 saturated carbocycles. The first-order chi connectivity index (χ1) is 16.4. The van der Waals surface area contributed by atoms with E-state index in [1.165, 1.54) is 4.90 Å². The van der Waals surface area contributed by atoms with E-state index >= 15 is 0 Å². The second-order valence-electron chi connectivity index (χ2n) is 10.7. The van der Waals surface area contributed by atoms with Crippen LogP contribution in [-0.4, -0.2) is 106 Å². The largest absolute Gasteiger partial charge is 0.331 e. The molecule has 2 aliphatic carbocycles. The third-order valence-corrected chi connectivity index (χ3v) is 9.37. The number of urea groups is 1. The first kappa shape index (κ1) is 28.4. The van der Waals surface area contributed by atoms with Gasteiger partial charge in [-0.05, 0) is 51.0 Å². The molecule has 0 aromatic rings. The van der Waals surface area contributed by atoms with Crippen LogP contribution in [0.2, 0.25) is 0 Å². The summed E-state index contributed by atoms with van der Waals surface area (Å²) in [5.74, 6) is -2.00. The molecule has 1 heterocycles. The van der Waals surface area contributed by atoms with Gasteiger partial charge in [0.1, 0.15) is 6.17 Å². The molecule has 0 aromatic carbocycles. The van der Waals surface area contributed by atoms with Crippen LogP contribution in [0.25, 0.3) is 0 Å². The molecule has 0 radical (unpaired) electrons. The second kappa shape index (κ2) is 11.9. The Balaban J connectivity index is 1.53. The average molecular weight is 539 g/mol. The summed E-state index contributed by atoms with van der Waals surface area (Å²) in [6, 6.07) is -0.0335. The van der Waals surface area contributed by atoms with Crippen LogP contribution in [0.4, 0.5) is 9.18 Å². The fourth-order valence-electron chi connectivity index (χ4n) is 5.67. The number of hydrogen-bond donors (Lipinski definition) is 3. The number of carbonyl (C=O) groups is 2. The highest BCUT2D eigenvalue weighted by Crippen LogP contribution is 2.37. The van der Waals surface area contributed by atoms with Gasteiger partial charge in [0.15, 0.2) is 0 Å². The van der Waals surface area contributed by atoms with Crippen LogP contribution in [-0.2, 0) is 14.8 Å². The molecule has 35 heavy (non-hydrogen) atoms. The van der Waals surface area contributed by atoms with Gasteiger partial charge >= 0.3 is 6.03 Å². The Labute approximate surface area is 213 Å². The zero-order chi connectivity index (χ0) is 25.9. The van der Waals surface area contributed by atoms with E-state index in [0.29, 0.717) is 19.3 Å². The average Bonchev–Trinajstić information content (AvgIpc) is 3.24. The Morgan fingerprint density at radius 1 is 1.17 bits per heavy atom. The molecule has 3 amide bonds. The maximum atomic E-state index is 14.8. The second-order valence-corrected chi connectivity index (χ2v) is 13.0. The molecule has 10 nitrogen and oxygen atoms in total. The number of halogens is 2. The number of carbonyl (C=O) groups excluding carboxylic acids is 2. The van der Waals surface area contributed by atoms with Crippen molar-refractivity contribution >= 4 is 33.6 Å². The van der Waals surface area contributed by atoms with Gasteiger partial charge in [0.2, 0.25) is 15.9 Å². The van der Waals surface area contributed by atoms with Gasteiger partial charge in [-0.1, -0.05) is 6.42 Å². The van der Waals surface area contributed by atoms with E-state index in [1.807, 2.05) is 7.05 Å². The van der Waals surface area contributed by atoms with Gasteiger partial charge in [0.05, 0.1) is 17.0 Å². The Bertz CT molecular complexity index is 865. The molecule has 202 valence electrons. The number of sulfonamides is 1. The number of hydrogen-bond acceptors (Lipinski definition) is 6. The van der Waals surface area contributed by atoms with Gasteiger partial charge in [-0.15, -0.1) is 16.4 Å². The summed E-state index contributed by atoms with van der Waals surface area (Å²) in [5.41, 5.74) is 2.24. The molecule has 1 saturated heterocycles. The fourth-order valence-corrected chi connectivity index (χ4v) is 7.33. The molecule has 3 fully saturated rings. The van der Waals surface area contributed by atoms with E-state index < -0.39 is 33.4 Å². The third-order valence-electron chi connectivity index (χ3n) is 7.62. The topological polar surface area (TPSA) is 114 Å². The van der Waals surface area contributed by atoms with E-state index in [-0.39, 0.29) is 35.7 Å². The monoisotopic (exact) mass is 538 g/mol. The summed E-state index contributed by atoms with van der Waals surface area (Å²) in [6.07, 6.45) is 2.17. The van der Waals surface area contributed by atoms with Crippen molar-refractivity contribution < 1.29 is 22.4 Å². The van der Waals surface area contributed by atoms with Crippen molar-refractivity contribution in [3.63, 3.8) is 0 Å². The van der Waals surface area contributed by atoms with Gasteiger partial charge in [-0.25, -0.2) is 17.6 Å². The standard InChI is InChI=1S/C22H40ClFN6O4S/c1-28(2)22(32)30(4)16-7-5-6-14(8-16)12-35(33,34)27-26-21(31)17-9-15(10-18(23)20(17)24)19-11-29(3)13-25-19/h14-20,25,27H,5-13H2,1-4H3,(H,26,31). The SMILES string of the molecule is CN1CNC(C2CC(Cl)C(F)C(C(=O)NNS(=O)(=O)CC3CCCC(N(C)C(=O)N(C)C)C3)C2)C1. The molecule has 3 aliphatic rings. The summed E-state index contributed by atoms with van der Waals surface area (Å²) in [5, 5.41) is 2.58. The number of amides is 3. The minimum atomic E-state index is -3.84. The summed E-state index contributed by atoms with van der Waals surface area (Å²) in [4.78, 5) is 32.5. The summed E-state index contributed by atoms with van der Waals surface area (Å²) in [7, 11) is 3.24. The maximum absolute atomic E-state index is 14.8. The zero-order valence-corrected chi connectivity index (χ0v) is 22.6. The molecule has 3 N–H and O–H groups in total. The fraction of sp³-hybridized carbons (Fsp3) is 0.909. The normalized spacial score (nSPS) is 34.4. The number of hydrazine groups is 1. The highest BCUT2D eigenvalue weighted by atomic mass is 35.5. The quantitative estimate of drug-likeness (QED) is 0.328. The highest BCUT2D eigenvalue weighted by Gasteiger charge is 2.44. The molecule has 7 atom stereocenters. The Kier molecular flexibility index (Phi) is 9.64. The van der Waals surface area contributed by atoms with Crippen molar-refractivity contribution in [3.05, 3.63) is 0 Å². The number of nitrogens with one attached hydrogen (secondary N) is 3. The lowest BCUT2D eigenvalue weighted by Crippen LogP contribution is -2.53. The van der Waals surface area contributed by atoms with Crippen LogP contribution < -0.4 is 15.6 Å². The van der Waals surface area contributed by atoms with E-state index in [2.05, 4.69) is 20.5 Å². The molecule has 0 aromatic heterocycles. The van der Waals surface area contributed by atoms with Crippen LogP contribution in [0.3, 0.4) is 0 Å². The summed E-state index contributed by atoms with van der Waals surface area (Å²) < 4.78 is 40.2. The van der Waals surface area contributed by atoms with Crippen LogP contribution in [0.1, 0.15) is 38.5 Å².